The summed E-state index contributed by atoms with van der Waals surface area (Å²) < 4.78 is 1.28. The number of aliphatic carboxylic acids is 1. The van der Waals surface area contributed by atoms with E-state index in [-0.39, 0.29) is 18.0 Å². The lowest BCUT2D eigenvalue weighted by Gasteiger charge is -2.21. The number of carbonyl (C=O) groups is 2. The number of hydrogen-bond acceptors (Lipinski definition) is 3. The SMILES string of the molecule is O=C(O)C1CCCN1C(=O)Cn1ccccc1=O. The van der Waals surface area contributed by atoms with Gasteiger partial charge in [0.25, 0.3) is 5.56 Å². The van der Waals surface area contributed by atoms with Gasteiger partial charge in [-0.2, -0.15) is 0 Å². The fourth-order valence-electron chi connectivity index (χ4n) is 2.15. The molecule has 6 heteroatoms. The average Bonchev–Trinajstić information content (AvgIpc) is 2.81. The molecule has 0 spiro atoms. The Morgan fingerprint density at radius 1 is 1.39 bits per heavy atom. The van der Waals surface area contributed by atoms with E-state index in [4.69, 9.17) is 5.11 Å². The van der Waals surface area contributed by atoms with Crippen LogP contribution in [0.2, 0.25) is 0 Å². The number of aromatic nitrogens is 1. The molecular formula is C12H14N2O4. The molecule has 1 aromatic heterocycles. The quantitative estimate of drug-likeness (QED) is 0.814. The summed E-state index contributed by atoms with van der Waals surface area (Å²) in [6, 6.07) is 3.87. The van der Waals surface area contributed by atoms with Crippen LogP contribution < -0.4 is 5.56 Å². The molecular weight excluding hydrogens is 236 g/mol. The minimum atomic E-state index is -0.985. The van der Waals surface area contributed by atoms with Crippen molar-refractivity contribution in [2.45, 2.75) is 25.4 Å². The van der Waals surface area contributed by atoms with Crippen molar-refractivity contribution in [2.24, 2.45) is 0 Å². The highest BCUT2D eigenvalue weighted by Crippen LogP contribution is 2.17. The Morgan fingerprint density at radius 2 is 2.17 bits per heavy atom. The fourth-order valence-corrected chi connectivity index (χ4v) is 2.15. The summed E-state index contributed by atoms with van der Waals surface area (Å²) in [5.41, 5.74) is -0.267. The Morgan fingerprint density at radius 3 is 2.83 bits per heavy atom. The van der Waals surface area contributed by atoms with E-state index in [1.54, 1.807) is 12.1 Å². The number of nitrogens with zero attached hydrogens (tertiary/aromatic N) is 2. The third-order valence-electron chi connectivity index (χ3n) is 3.06. The number of likely N-dealkylation sites (tertiary alicyclic amines) is 1. The smallest absolute Gasteiger partial charge is 0.326 e. The molecule has 18 heavy (non-hydrogen) atoms. The van der Waals surface area contributed by atoms with Crippen LogP contribution in [0.3, 0.4) is 0 Å². The second kappa shape index (κ2) is 5.03. The van der Waals surface area contributed by atoms with Crippen LogP contribution in [0.15, 0.2) is 29.2 Å². The highest BCUT2D eigenvalue weighted by atomic mass is 16.4. The lowest BCUT2D eigenvalue weighted by Crippen LogP contribution is -2.43. The van der Waals surface area contributed by atoms with Gasteiger partial charge in [-0.15, -0.1) is 0 Å². The maximum absolute atomic E-state index is 12.0. The third-order valence-corrected chi connectivity index (χ3v) is 3.06. The standard InChI is InChI=1S/C12H14N2O4/c15-10-5-1-2-6-13(10)8-11(16)14-7-3-4-9(14)12(17)18/h1-2,5-6,9H,3-4,7-8H2,(H,17,18). The lowest BCUT2D eigenvalue weighted by atomic mass is 10.2. The van der Waals surface area contributed by atoms with Crippen LogP contribution in [0.5, 0.6) is 0 Å². The zero-order chi connectivity index (χ0) is 13.1. The molecule has 1 aliphatic heterocycles. The number of pyridine rings is 1. The van der Waals surface area contributed by atoms with Gasteiger partial charge in [-0.05, 0) is 18.9 Å². The van der Waals surface area contributed by atoms with Gasteiger partial charge in [0.05, 0.1) is 0 Å². The molecule has 1 amide bonds. The molecule has 0 aromatic carbocycles. The molecule has 1 aromatic rings. The van der Waals surface area contributed by atoms with Crippen LogP contribution in [0.1, 0.15) is 12.8 Å². The van der Waals surface area contributed by atoms with Gasteiger partial charge in [0.1, 0.15) is 12.6 Å². The summed E-state index contributed by atoms with van der Waals surface area (Å²) in [7, 11) is 0. The molecule has 0 aliphatic carbocycles. The van der Waals surface area contributed by atoms with Crippen LogP contribution in [-0.4, -0.2) is 39.0 Å². The average molecular weight is 250 g/mol. The molecule has 1 N–H and O–H groups in total. The molecule has 0 saturated carbocycles. The van der Waals surface area contributed by atoms with E-state index < -0.39 is 12.0 Å². The Labute approximate surface area is 103 Å². The first-order valence-electron chi connectivity index (χ1n) is 5.77. The van der Waals surface area contributed by atoms with E-state index in [1.165, 1.54) is 21.7 Å². The Balaban J connectivity index is 2.11. The summed E-state index contributed by atoms with van der Waals surface area (Å²) in [5.74, 6) is -1.31. The second-order valence-electron chi connectivity index (χ2n) is 4.25. The Kier molecular flexibility index (Phi) is 3.45. The zero-order valence-electron chi connectivity index (χ0n) is 9.78. The van der Waals surface area contributed by atoms with Crippen molar-refractivity contribution < 1.29 is 14.7 Å². The number of rotatable bonds is 3. The van der Waals surface area contributed by atoms with Gasteiger partial charge in [-0.3, -0.25) is 9.59 Å². The van der Waals surface area contributed by atoms with Gasteiger partial charge in [0.15, 0.2) is 0 Å². The molecule has 1 atom stereocenters. The Hall–Kier alpha value is -2.11. The first-order chi connectivity index (χ1) is 8.59. The molecule has 1 aliphatic rings. The normalized spacial score (nSPS) is 18.9. The topological polar surface area (TPSA) is 79.6 Å². The van der Waals surface area contributed by atoms with Crippen molar-refractivity contribution in [3.63, 3.8) is 0 Å². The maximum atomic E-state index is 12.0. The number of carbonyl (C=O) groups excluding carboxylic acids is 1. The molecule has 1 unspecified atom stereocenters. The minimum absolute atomic E-state index is 0.108. The predicted octanol–water partition coefficient (Wildman–Crippen LogP) is -0.0761. The monoisotopic (exact) mass is 250 g/mol. The molecule has 1 fully saturated rings. The van der Waals surface area contributed by atoms with Gasteiger partial charge in [0.2, 0.25) is 5.91 Å². The molecule has 1 saturated heterocycles. The lowest BCUT2D eigenvalue weighted by molar-refractivity contribution is -0.148. The summed E-state index contributed by atoms with van der Waals surface area (Å²) in [4.78, 5) is 35.8. The maximum Gasteiger partial charge on any atom is 0.326 e. The Bertz CT molecular complexity index is 523. The van der Waals surface area contributed by atoms with Crippen molar-refractivity contribution in [2.75, 3.05) is 6.54 Å². The molecule has 2 rings (SSSR count). The van der Waals surface area contributed by atoms with E-state index in [0.717, 1.165) is 0 Å². The van der Waals surface area contributed by atoms with E-state index in [1.807, 2.05) is 0 Å². The number of amides is 1. The largest absolute Gasteiger partial charge is 0.480 e. The first-order valence-corrected chi connectivity index (χ1v) is 5.77. The van der Waals surface area contributed by atoms with Crippen molar-refractivity contribution in [3.8, 4) is 0 Å². The summed E-state index contributed by atoms with van der Waals surface area (Å²) in [6.45, 7) is 0.334. The minimum Gasteiger partial charge on any atom is -0.480 e. The third kappa shape index (κ3) is 2.42. The van der Waals surface area contributed by atoms with E-state index in [9.17, 15) is 14.4 Å². The van der Waals surface area contributed by atoms with E-state index in [2.05, 4.69) is 0 Å². The number of hydrogen-bond donors (Lipinski definition) is 1. The van der Waals surface area contributed by atoms with Crippen molar-refractivity contribution >= 4 is 11.9 Å². The van der Waals surface area contributed by atoms with Crippen LogP contribution >= 0.6 is 0 Å². The number of carboxylic acid groups (broad SMARTS) is 1. The highest BCUT2D eigenvalue weighted by Gasteiger charge is 2.33. The first kappa shape index (κ1) is 12.3. The second-order valence-corrected chi connectivity index (χ2v) is 4.25. The zero-order valence-corrected chi connectivity index (χ0v) is 9.78. The van der Waals surface area contributed by atoms with Gasteiger partial charge < -0.3 is 14.6 Å². The van der Waals surface area contributed by atoms with Crippen LogP contribution in [0.4, 0.5) is 0 Å². The summed E-state index contributed by atoms with van der Waals surface area (Å²) in [6.07, 6.45) is 2.68. The van der Waals surface area contributed by atoms with Gasteiger partial charge in [0, 0.05) is 18.8 Å². The van der Waals surface area contributed by atoms with Crippen LogP contribution in [-0.2, 0) is 16.1 Å². The van der Waals surface area contributed by atoms with Gasteiger partial charge in [-0.1, -0.05) is 6.07 Å². The fraction of sp³-hybridized carbons (Fsp3) is 0.417. The molecule has 0 bridgehead atoms. The molecule has 2 heterocycles. The molecule has 96 valence electrons. The van der Waals surface area contributed by atoms with E-state index in [0.29, 0.717) is 19.4 Å². The van der Waals surface area contributed by atoms with Crippen molar-refractivity contribution in [3.05, 3.63) is 34.7 Å². The highest BCUT2D eigenvalue weighted by molar-refractivity contribution is 5.84. The molecule has 0 radical (unpaired) electrons. The van der Waals surface area contributed by atoms with E-state index >= 15 is 0 Å². The van der Waals surface area contributed by atoms with Gasteiger partial charge in [-0.25, -0.2) is 4.79 Å². The summed E-state index contributed by atoms with van der Waals surface area (Å²) >= 11 is 0. The van der Waals surface area contributed by atoms with Crippen molar-refractivity contribution in [1.82, 2.24) is 9.47 Å². The predicted molar refractivity (Wildman–Crippen MR) is 63.1 cm³/mol. The molecule has 6 nitrogen and oxygen atoms in total. The van der Waals surface area contributed by atoms with Crippen LogP contribution in [0.25, 0.3) is 0 Å². The van der Waals surface area contributed by atoms with Crippen molar-refractivity contribution in [1.29, 1.82) is 0 Å². The van der Waals surface area contributed by atoms with Gasteiger partial charge >= 0.3 is 5.97 Å². The number of carboxylic acids is 1. The van der Waals surface area contributed by atoms with Crippen LogP contribution in [0, 0.1) is 0 Å². The summed E-state index contributed by atoms with van der Waals surface area (Å²) in [5, 5.41) is 8.99.